The average Bonchev–Trinajstić information content (AvgIpc) is 3.00. The molecule has 0 aliphatic rings. The molecule has 1 heterocycles. The highest BCUT2D eigenvalue weighted by Crippen LogP contribution is 2.18. The SMILES string of the molecule is CN=C(NCCc1cc2ccccc2o1)NCc1cccc(F)c1.I. The van der Waals surface area contributed by atoms with Gasteiger partial charge < -0.3 is 15.1 Å². The summed E-state index contributed by atoms with van der Waals surface area (Å²) < 4.78 is 19.0. The first-order valence-electron chi connectivity index (χ1n) is 7.91. The molecule has 0 aliphatic carbocycles. The molecule has 0 unspecified atom stereocenters. The summed E-state index contributed by atoms with van der Waals surface area (Å²) in [5, 5.41) is 7.51. The molecule has 3 aromatic rings. The number of guanidine groups is 1. The zero-order valence-electron chi connectivity index (χ0n) is 14.0. The molecule has 0 aliphatic heterocycles. The lowest BCUT2D eigenvalue weighted by atomic mass is 10.2. The summed E-state index contributed by atoms with van der Waals surface area (Å²) in [6.07, 6.45) is 0.759. The van der Waals surface area contributed by atoms with Crippen LogP contribution in [0.25, 0.3) is 11.0 Å². The van der Waals surface area contributed by atoms with Crippen molar-refractivity contribution in [3.8, 4) is 0 Å². The van der Waals surface area contributed by atoms with Gasteiger partial charge in [-0.3, -0.25) is 4.99 Å². The Hall–Kier alpha value is -2.09. The van der Waals surface area contributed by atoms with Gasteiger partial charge in [0.05, 0.1) is 0 Å². The van der Waals surface area contributed by atoms with Crippen molar-refractivity contribution in [2.45, 2.75) is 13.0 Å². The molecule has 0 bridgehead atoms. The van der Waals surface area contributed by atoms with Crippen LogP contribution in [-0.2, 0) is 13.0 Å². The lowest BCUT2D eigenvalue weighted by Crippen LogP contribution is -2.37. The van der Waals surface area contributed by atoms with E-state index in [4.69, 9.17) is 4.42 Å². The van der Waals surface area contributed by atoms with Crippen molar-refractivity contribution >= 4 is 40.9 Å². The molecule has 2 N–H and O–H groups in total. The van der Waals surface area contributed by atoms with Crippen LogP contribution in [0.4, 0.5) is 4.39 Å². The third-order valence-electron chi connectivity index (χ3n) is 3.71. The highest BCUT2D eigenvalue weighted by atomic mass is 127. The molecule has 0 fully saturated rings. The van der Waals surface area contributed by atoms with E-state index >= 15 is 0 Å². The minimum absolute atomic E-state index is 0. The Morgan fingerprint density at radius 1 is 1.08 bits per heavy atom. The highest BCUT2D eigenvalue weighted by molar-refractivity contribution is 14.0. The molecule has 0 spiro atoms. The largest absolute Gasteiger partial charge is 0.461 e. The van der Waals surface area contributed by atoms with Crippen molar-refractivity contribution in [3.63, 3.8) is 0 Å². The van der Waals surface area contributed by atoms with Crippen LogP contribution in [0, 0.1) is 5.82 Å². The number of rotatable bonds is 5. The van der Waals surface area contributed by atoms with Gasteiger partial charge in [0.1, 0.15) is 17.2 Å². The lowest BCUT2D eigenvalue weighted by Gasteiger charge is -2.11. The van der Waals surface area contributed by atoms with E-state index in [0.717, 1.165) is 28.7 Å². The van der Waals surface area contributed by atoms with Crippen molar-refractivity contribution in [1.82, 2.24) is 10.6 Å². The summed E-state index contributed by atoms with van der Waals surface area (Å²) in [5.41, 5.74) is 1.77. The molecule has 0 saturated carbocycles. The molecule has 0 radical (unpaired) electrons. The van der Waals surface area contributed by atoms with Gasteiger partial charge in [0.25, 0.3) is 0 Å². The van der Waals surface area contributed by atoms with Crippen LogP contribution in [-0.4, -0.2) is 19.6 Å². The quantitative estimate of drug-likeness (QED) is 0.348. The van der Waals surface area contributed by atoms with E-state index in [0.29, 0.717) is 19.0 Å². The first-order valence-corrected chi connectivity index (χ1v) is 7.91. The third kappa shape index (κ3) is 5.45. The van der Waals surface area contributed by atoms with Crippen LogP contribution in [0.2, 0.25) is 0 Å². The van der Waals surface area contributed by atoms with Crippen LogP contribution in [0.3, 0.4) is 0 Å². The number of para-hydroxylation sites is 1. The fourth-order valence-electron chi connectivity index (χ4n) is 2.52. The number of benzene rings is 2. The smallest absolute Gasteiger partial charge is 0.191 e. The normalized spacial score (nSPS) is 11.2. The zero-order valence-corrected chi connectivity index (χ0v) is 16.3. The highest BCUT2D eigenvalue weighted by Gasteiger charge is 2.04. The Kier molecular flexibility index (Phi) is 7.24. The number of halogens is 2. The van der Waals surface area contributed by atoms with E-state index in [1.54, 1.807) is 13.1 Å². The second-order valence-electron chi connectivity index (χ2n) is 5.48. The number of nitrogens with one attached hydrogen (secondary N) is 2. The van der Waals surface area contributed by atoms with E-state index in [2.05, 4.69) is 21.7 Å². The Balaban J connectivity index is 0.00000225. The van der Waals surface area contributed by atoms with E-state index in [1.165, 1.54) is 12.1 Å². The van der Waals surface area contributed by atoms with E-state index in [9.17, 15) is 4.39 Å². The molecule has 132 valence electrons. The van der Waals surface area contributed by atoms with Gasteiger partial charge in [-0.05, 0) is 29.8 Å². The van der Waals surface area contributed by atoms with Gasteiger partial charge in [-0.2, -0.15) is 0 Å². The van der Waals surface area contributed by atoms with Crippen LogP contribution >= 0.6 is 24.0 Å². The van der Waals surface area contributed by atoms with Crippen LogP contribution in [0.5, 0.6) is 0 Å². The van der Waals surface area contributed by atoms with E-state index in [1.807, 2.05) is 30.3 Å². The molecule has 25 heavy (non-hydrogen) atoms. The minimum atomic E-state index is -0.234. The summed E-state index contributed by atoms with van der Waals surface area (Å²) in [5.74, 6) is 1.38. The molecule has 0 saturated heterocycles. The summed E-state index contributed by atoms with van der Waals surface area (Å²) in [6.45, 7) is 1.21. The zero-order chi connectivity index (χ0) is 16.8. The first kappa shape index (κ1) is 19.2. The van der Waals surface area contributed by atoms with Crippen molar-refractivity contribution in [2.24, 2.45) is 4.99 Å². The number of furan rings is 1. The first-order chi connectivity index (χ1) is 11.7. The van der Waals surface area contributed by atoms with Crippen LogP contribution < -0.4 is 10.6 Å². The van der Waals surface area contributed by atoms with Gasteiger partial charge in [-0.25, -0.2) is 4.39 Å². The fraction of sp³-hybridized carbons (Fsp3) is 0.211. The van der Waals surface area contributed by atoms with Gasteiger partial charge in [-0.15, -0.1) is 24.0 Å². The van der Waals surface area contributed by atoms with Gasteiger partial charge in [-0.1, -0.05) is 30.3 Å². The maximum absolute atomic E-state index is 13.2. The molecule has 6 heteroatoms. The molecule has 0 atom stereocenters. The Morgan fingerprint density at radius 2 is 1.92 bits per heavy atom. The van der Waals surface area contributed by atoms with Gasteiger partial charge in [0, 0.05) is 31.9 Å². The minimum Gasteiger partial charge on any atom is -0.461 e. The standard InChI is InChI=1S/C19H20FN3O.HI/c1-21-19(23-13-14-5-4-7-16(20)11-14)22-10-9-17-12-15-6-2-3-8-18(15)24-17;/h2-8,11-12H,9-10,13H2,1H3,(H2,21,22,23);1H. The van der Waals surface area contributed by atoms with Gasteiger partial charge in [0.2, 0.25) is 0 Å². The van der Waals surface area contributed by atoms with Crippen LogP contribution in [0.1, 0.15) is 11.3 Å². The van der Waals surface area contributed by atoms with Crippen molar-refractivity contribution in [1.29, 1.82) is 0 Å². The molecule has 2 aromatic carbocycles. The summed E-state index contributed by atoms with van der Waals surface area (Å²) in [7, 11) is 1.71. The Labute approximate surface area is 163 Å². The van der Waals surface area contributed by atoms with Crippen molar-refractivity contribution in [2.75, 3.05) is 13.6 Å². The predicted molar refractivity (Wildman–Crippen MR) is 110 cm³/mol. The number of hydrogen-bond acceptors (Lipinski definition) is 2. The third-order valence-corrected chi connectivity index (χ3v) is 3.71. The monoisotopic (exact) mass is 453 g/mol. The summed E-state index contributed by atoms with van der Waals surface area (Å²) in [4.78, 5) is 4.17. The summed E-state index contributed by atoms with van der Waals surface area (Å²) in [6, 6.07) is 16.5. The van der Waals surface area contributed by atoms with Crippen molar-refractivity contribution < 1.29 is 8.81 Å². The molecule has 4 nitrogen and oxygen atoms in total. The summed E-state index contributed by atoms with van der Waals surface area (Å²) >= 11 is 0. The topological polar surface area (TPSA) is 49.6 Å². The van der Waals surface area contributed by atoms with Crippen LogP contribution in [0.15, 0.2) is 64.0 Å². The lowest BCUT2D eigenvalue weighted by molar-refractivity contribution is 0.544. The second-order valence-corrected chi connectivity index (χ2v) is 5.48. The fourth-order valence-corrected chi connectivity index (χ4v) is 2.52. The number of hydrogen-bond donors (Lipinski definition) is 2. The van der Waals surface area contributed by atoms with E-state index < -0.39 is 0 Å². The molecule has 0 amide bonds. The van der Waals surface area contributed by atoms with Gasteiger partial charge in [0.15, 0.2) is 5.96 Å². The molecule has 3 rings (SSSR count). The molecular formula is C19H21FIN3O. The maximum Gasteiger partial charge on any atom is 0.191 e. The number of aliphatic imine (C=N–C) groups is 1. The maximum atomic E-state index is 13.2. The average molecular weight is 453 g/mol. The van der Waals surface area contributed by atoms with Crippen molar-refractivity contribution in [3.05, 3.63) is 71.7 Å². The Morgan fingerprint density at radius 3 is 2.68 bits per heavy atom. The number of fused-ring (bicyclic) bond motifs is 1. The predicted octanol–water partition coefficient (Wildman–Crippen LogP) is 4.10. The number of nitrogens with zero attached hydrogens (tertiary/aromatic N) is 1. The van der Waals surface area contributed by atoms with E-state index in [-0.39, 0.29) is 29.8 Å². The molecular weight excluding hydrogens is 432 g/mol. The second kappa shape index (κ2) is 9.41. The molecule has 1 aromatic heterocycles. The van der Waals surface area contributed by atoms with Gasteiger partial charge >= 0.3 is 0 Å². The Bertz CT molecular complexity index is 814.